The zero-order valence-electron chi connectivity index (χ0n) is 4.94. The van der Waals surface area contributed by atoms with E-state index in [0.717, 1.165) is 0 Å². The minimum atomic E-state index is 0.606. The fourth-order valence-corrected chi connectivity index (χ4v) is 0.711. The molecular formula is C6H4Cl3Si. The first-order chi connectivity index (χ1) is 4.80. The fourth-order valence-electron chi connectivity index (χ4n) is 0.439. The second-order valence-electron chi connectivity index (χ2n) is 1.41. The Kier molecular flexibility index (Phi) is 6.23. The standard InChI is InChI=1S/C6H4Cl2.ClSi/c7-5-3-1-2-4-6(5)8;1-2/h1-4H;. The molecule has 0 amide bonds. The van der Waals surface area contributed by atoms with E-state index in [0.29, 0.717) is 10.0 Å². The van der Waals surface area contributed by atoms with Gasteiger partial charge in [-0.3, -0.25) is 0 Å². The van der Waals surface area contributed by atoms with Crippen molar-refractivity contribution in [1.29, 1.82) is 0 Å². The minimum Gasteiger partial charge on any atom is -0.174 e. The van der Waals surface area contributed by atoms with Crippen LogP contribution in [0, 0.1) is 0 Å². The summed E-state index contributed by atoms with van der Waals surface area (Å²) < 4.78 is 0. The topological polar surface area (TPSA) is 0 Å². The molecule has 0 N–H and O–H groups in total. The van der Waals surface area contributed by atoms with E-state index < -0.39 is 0 Å². The lowest BCUT2D eigenvalue weighted by atomic mass is 10.4. The van der Waals surface area contributed by atoms with E-state index in [1.165, 1.54) is 0 Å². The Morgan fingerprint density at radius 2 is 1.20 bits per heavy atom. The van der Waals surface area contributed by atoms with Crippen molar-refractivity contribution in [3.8, 4) is 0 Å². The molecule has 0 atom stereocenters. The summed E-state index contributed by atoms with van der Waals surface area (Å²) in [6.45, 7) is 0. The molecule has 0 aromatic heterocycles. The largest absolute Gasteiger partial charge is 0.174 e. The SMILES string of the molecule is Clc1ccccc1Cl.[Si]Cl. The van der Waals surface area contributed by atoms with Crippen LogP contribution in [0.4, 0.5) is 0 Å². The van der Waals surface area contributed by atoms with Gasteiger partial charge in [-0.25, -0.2) is 0 Å². The van der Waals surface area contributed by atoms with Gasteiger partial charge in [0.2, 0.25) is 0 Å². The predicted octanol–water partition coefficient (Wildman–Crippen LogP) is 3.30. The summed E-state index contributed by atoms with van der Waals surface area (Å²) in [5.74, 6) is 0. The van der Waals surface area contributed by atoms with Crippen molar-refractivity contribution in [3.05, 3.63) is 34.3 Å². The normalized spacial score (nSPS) is 8.00. The second kappa shape index (κ2) is 6.05. The van der Waals surface area contributed by atoms with Gasteiger partial charge in [-0.1, -0.05) is 35.3 Å². The molecule has 1 aromatic carbocycles. The van der Waals surface area contributed by atoms with Gasteiger partial charge >= 0.3 is 0 Å². The van der Waals surface area contributed by atoms with Crippen LogP contribution in [0.5, 0.6) is 0 Å². The molecule has 0 aliphatic carbocycles. The van der Waals surface area contributed by atoms with Crippen molar-refractivity contribution in [2.45, 2.75) is 0 Å². The molecule has 3 radical (unpaired) electrons. The molecule has 1 rings (SSSR count). The Hall–Kier alpha value is 0.307. The van der Waals surface area contributed by atoms with Crippen molar-refractivity contribution < 1.29 is 0 Å². The van der Waals surface area contributed by atoms with E-state index in [4.69, 9.17) is 23.2 Å². The number of hydrogen-bond donors (Lipinski definition) is 0. The van der Waals surface area contributed by atoms with Crippen molar-refractivity contribution >= 4 is 43.8 Å². The zero-order valence-corrected chi connectivity index (χ0v) is 8.21. The van der Waals surface area contributed by atoms with Crippen LogP contribution >= 0.6 is 34.3 Å². The van der Waals surface area contributed by atoms with Gasteiger partial charge in [-0.05, 0) is 12.1 Å². The molecule has 53 valence electrons. The zero-order chi connectivity index (χ0) is 7.98. The van der Waals surface area contributed by atoms with E-state index in [2.05, 4.69) is 20.6 Å². The lowest BCUT2D eigenvalue weighted by molar-refractivity contribution is 1.71. The predicted molar refractivity (Wildman–Crippen MR) is 48.1 cm³/mol. The summed E-state index contributed by atoms with van der Waals surface area (Å²) >= 11 is 15.6. The molecule has 0 nitrogen and oxygen atoms in total. The molecule has 0 fully saturated rings. The Morgan fingerprint density at radius 1 is 0.900 bits per heavy atom. The van der Waals surface area contributed by atoms with Gasteiger partial charge < -0.3 is 0 Å². The van der Waals surface area contributed by atoms with Crippen LogP contribution in [-0.4, -0.2) is 9.55 Å². The van der Waals surface area contributed by atoms with Crippen molar-refractivity contribution in [2.24, 2.45) is 0 Å². The second-order valence-corrected chi connectivity index (χ2v) is 2.23. The van der Waals surface area contributed by atoms with E-state index in [1.807, 2.05) is 12.1 Å². The van der Waals surface area contributed by atoms with E-state index >= 15 is 0 Å². The van der Waals surface area contributed by atoms with Crippen molar-refractivity contribution in [2.75, 3.05) is 0 Å². The number of benzene rings is 1. The lowest BCUT2D eigenvalue weighted by Crippen LogP contribution is -1.62. The molecule has 10 heavy (non-hydrogen) atoms. The molecule has 0 heterocycles. The maximum atomic E-state index is 5.58. The van der Waals surface area contributed by atoms with Gasteiger partial charge in [-0.2, -0.15) is 11.1 Å². The average molecular weight is 211 g/mol. The molecule has 1 aromatic rings. The summed E-state index contributed by atoms with van der Waals surface area (Å²) in [6.07, 6.45) is 0. The third kappa shape index (κ3) is 3.47. The molecule has 4 heteroatoms. The highest BCUT2D eigenvalue weighted by Crippen LogP contribution is 2.19. The highest BCUT2D eigenvalue weighted by Gasteiger charge is 1.89. The minimum absolute atomic E-state index is 0.606. The van der Waals surface area contributed by atoms with Crippen LogP contribution in [0.15, 0.2) is 24.3 Å². The maximum absolute atomic E-state index is 5.58. The molecule has 0 saturated heterocycles. The lowest BCUT2D eigenvalue weighted by Gasteiger charge is -1.88. The summed E-state index contributed by atoms with van der Waals surface area (Å²) in [5.41, 5.74) is 0. The van der Waals surface area contributed by atoms with Gasteiger partial charge in [0, 0.05) is 0 Å². The van der Waals surface area contributed by atoms with Crippen LogP contribution in [0.25, 0.3) is 0 Å². The molecule has 0 spiro atoms. The summed E-state index contributed by atoms with van der Waals surface area (Å²) in [4.78, 5) is 0. The molecule has 0 aliphatic rings. The van der Waals surface area contributed by atoms with Crippen molar-refractivity contribution in [3.63, 3.8) is 0 Å². The quantitative estimate of drug-likeness (QED) is 0.455. The molecule has 0 saturated carbocycles. The van der Waals surface area contributed by atoms with Gasteiger partial charge in [-0.15, -0.1) is 0 Å². The highest BCUT2D eigenvalue weighted by molar-refractivity contribution is 6.80. The summed E-state index contributed by atoms with van der Waals surface area (Å²) in [5, 5.41) is 1.21. The first-order valence-electron chi connectivity index (χ1n) is 2.39. The van der Waals surface area contributed by atoms with Gasteiger partial charge in [0.25, 0.3) is 0 Å². The smallest absolute Gasteiger partial charge is 0.174 e. The summed E-state index contributed by atoms with van der Waals surface area (Å²) in [7, 11) is 2.44. The summed E-state index contributed by atoms with van der Waals surface area (Å²) in [6, 6.07) is 7.19. The Bertz CT molecular complexity index is 169. The van der Waals surface area contributed by atoms with Crippen molar-refractivity contribution in [1.82, 2.24) is 0 Å². The molecule has 0 aliphatic heterocycles. The maximum Gasteiger partial charge on any atom is 0.174 e. The third-order valence-corrected chi connectivity index (χ3v) is 1.58. The average Bonchev–Trinajstić information content (AvgIpc) is 2.00. The molecule has 0 bridgehead atoms. The van der Waals surface area contributed by atoms with Crippen LogP contribution in [0.3, 0.4) is 0 Å². The Balaban J connectivity index is 0.000000371. The van der Waals surface area contributed by atoms with Crippen LogP contribution < -0.4 is 0 Å². The molecule has 0 unspecified atom stereocenters. The monoisotopic (exact) mass is 209 g/mol. The van der Waals surface area contributed by atoms with Gasteiger partial charge in [0.05, 0.1) is 10.0 Å². The van der Waals surface area contributed by atoms with Gasteiger partial charge in [0.15, 0.2) is 9.55 Å². The Labute approximate surface area is 78.2 Å². The number of hydrogen-bond acceptors (Lipinski definition) is 0. The van der Waals surface area contributed by atoms with Crippen LogP contribution in [-0.2, 0) is 0 Å². The third-order valence-electron chi connectivity index (χ3n) is 0.824. The van der Waals surface area contributed by atoms with E-state index in [-0.39, 0.29) is 0 Å². The first-order valence-corrected chi connectivity index (χ1v) is 4.66. The first kappa shape index (κ1) is 10.3. The van der Waals surface area contributed by atoms with Crippen LogP contribution in [0.2, 0.25) is 10.0 Å². The van der Waals surface area contributed by atoms with E-state index in [1.54, 1.807) is 12.1 Å². The van der Waals surface area contributed by atoms with Crippen LogP contribution in [0.1, 0.15) is 0 Å². The van der Waals surface area contributed by atoms with E-state index in [9.17, 15) is 0 Å². The van der Waals surface area contributed by atoms with Gasteiger partial charge in [0.1, 0.15) is 0 Å². The molecular weight excluding hydrogens is 207 g/mol. The Morgan fingerprint density at radius 3 is 1.40 bits per heavy atom. The fraction of sp³-hybridized carbons (Fsp3) is 0. The highest BCUT2D eigenvalue weighted by atomic mass is 35.6. The number of halogens is 3. The number of rotatable bonds is 0.